The maximum absolute atomic E-state index is 12.1. The number of hydrogen-bond donors (Lipinski definition) is 1. The lowest BCUT2D eigenvalue weighted by atomic mass is 10.1. The Labute approximate surface area is 132 Å². The number of nitrogens with zero attached hydrogens (tertiary/aromatic N) is 2. The van der Waals surface area contributed by atoms with Crippen LogP contribution in [0.2, 0.25) is 0 Å². The van der Waals surface area contributed by atoms with Gasteiger partial charge in [-0.3, -0.25) is 0 Å². The molecular weight excluding hydrogens is 302 g/mol. The lowest BCUT2D eigenvalue weighted by molar-refractivity contribution is -0.0498. The number of rotatable bonds is 5. The third kappa shape index (κ3) is 3.32. The summed E-state index contributed by atoms with van der Waals surface area (Å²) in [6, 6.07) is 13.7. The molecule has 2 aromatic carbocycles. The van der Waals surface area contributed by atoms with Crippen molar-refractivity contribution in [1.82, 2.24) is 9.55 Å². The molecule has 0 aliphatic rings. The van der Waals surface area contributed by atoms with Crippen LogP contribution >= 0.6 is 0 Å². The molecule has 0 spiro atoms. The van der Waals surface area contributed by atoms with Crippen LogP contribution in [0.1, 0.15) is 17.5 Å². The number of aryl methyl sites for hydroxylation is 1. The molecule has 1 aromatic heterocycles. The monoisotopic (exact) mass is 318 g/mol. The first-order valence-corrected chi connectivity index (χ1v) is 7.19. The second-order valence-electron chi connectivity index (χ2n) is 5.22. The van der Waals surface area contributed by atoms with E-state index in [9.17, 15) is 13.9 Å². The first kappa shape index (κ1) is 15.4. The summed E-state index contributed by atoms with van der Waals surface area (Å²) in [5.41, 5.74) is 2.45. The van der Waals surface area contributed by atoms with Crippen molar-refractivity contribution >= 4 is 11.0 Å². The topological polar surface area (TPSA) is 47.3 Å². The smallest absolute Gasteiger partial charge is 0.387 e. The van der Waals surface area contributed by atoms with Crippen LogP contribution < -0.4 is 4.74 Å². The third-order valence-corrected chi connectivity index (χ3v) is 3.69. The summed E-state index contributed by atoms with van der Waals surface area (Å²) >= 11 is 0. The van der Waals surface area contributed by atoms with E-state index in [2.05, 4.69) is 9.72 Å². The highest BCUT2D eigenvalue weighted by Crippen LogP contribution is 2.23. The van der Waals surface area contributed by atoms with Crippen LogP contribution in [0.25, 0.3) is 11.0 Å². The van der Waals surface area contributed by atoms with E-state index >= 15 is 0 Å². The third-order valence-electron chi connectivity index (χ3n) is 3.69. The van der Waals surface area contributed by atoms with E-state index in [4.69, 9.17) is 0 Å². The number of para-hydroxylation sites is 2. The van der Waals surface area contributed by atoms with Crippen molar-refractivity contribution in [3.8, 4) is 5.75 Å². The average Bonchev–Trinajstić information content (AvgIpc) is 2.83. The SMILES string of the molecule is Cc1nc2ccccc2n1C[C@@H](O)c1ccc(OC(F)F)cc1. The fourth-order valence-corrected chi connectivity index (χ4v) is 2.58. The number of imidazole rings is 1. The molecule has 1 atom stereocenters. The van der Waals surface area contributed by atoms with Gasteiger partial charge in [0.1, 0.15) is 11.6 Å². The minimum absolute atomic E-state index is 0.0696. The Morgan fingerprint density at radius 2 is 1.83 bits per heavy atom. The summed E-state index contributed by atoms with van der Waals surface area (Å²) in [6.45, 7) is -0.640. The molecule has 0 saturated heterocycles. The number of hydrogen-bond acceptors (Lipinski definition) is 3. The highest BCUT2D eigenvalue weighted by molar-refractivity contribution is 5.75. The number of benzene rings is 2. The van der Waals surface area contributed by atoms with Crippen LogP contribution in [0.4, 0.5) is 8.78 Å². The van der Waals surface area contributed by atoms with Crippen molar-refractivity contribution in [1.29, 1.82) is 0 Å². The maximum Gasteiger partial charge on any atom is 0.387 e. The van der Waals surface area contributed by atoms with Gasteiger partial charge in [0.05, 0.1) is 23.7 Å². The van der Waals surface area contributed by atoms with E-state index in [0.29, 0.717) is 12.1 Å². The molecule has 6 heteroatoms. The zero-order valence-corrected chi connectivity index (χ0v) is 12.5. The van der Waals surface area contributed by atoms with Gasteiger partial charge in [0, 0.05) is 0 Å². The van der Waals surface area contributed by atoms with Crippen molar-refractivity contribution in [3.05, 3.63) is 59.9 Å². The molecule has 1 heterocycles. The maximum atomic E-state index is 12.1. The molecule has 0 unspecified atom stereocenters. The highest BCUT2D eigenvalue weighted by Gasteiger charge is 2.14. The molecular formula is C17H16F2N2O2. The normalized spacial score (nSPS) is 12.7. The zero-order valence-electron chi connectivity index (χ0n) is 12.5. The van der Waals surface area contributed by atoms with Crippen LogP contribution in [0.5, 0.6) is 5.75 Å². The Hall–Kier alpha value is -2.47. The van der Waals surface area contributed by atoms with Crippen LogP contribution in [0.15, 0.2) is 48.5 Å². The van der Waals surface area contributed by atoms with Crippen LogP contribution in [-0.2, 0) is 6.54 Å². The molecule has 0 aliphatic heterocycles. The average molecular weight is 318 g/mol. The molecule has 0 amide bonds. The number of fused-ring (bicyclic) bond motifs is 1. The lowest BCUT2D eigenvalue weighted by Gasteiger charge is -2.14. The second kappa shape index (κ2) is 6.34. The number of aliphatic hydroxyl groups is 1. The Kier molecular flexibility index (Phi) is 4.25. The van der Waals surface area contributed by atoms with E-state index in [-0.39, 0.29) is 5.75 Å². The largest absolute Gasteiger partial charge is 0.435 e. The molecule has 3 rings (SSSR count). The highest BCUT2D eigenvalue weighted by atomic mass is 19.3. The number of aliphatic hydroxyl groups excluding tert-OH is 1. The molecule has 0 aliphatic carbocycles. The van der Waals surface area contributed by atoms with Crippen molar-refractivity contribution in [2.24, 2.45) is 0 Å². The number of ether oxygens (including phenoxy) is 1. The van der Waals surface area contributed by atoms with Crippen LogP contribution in [-0.4, -0.2) is 21.3 Å². The van der Waals surface area contributed by atoms with Gasteiger partial charge in [-0.2, -0.15) is 8.78 Å². The molecule has 0 bridgehead atoms. The fraction of sp³-hybridized carbons (Fsp3) is 0.235. The van der Waals surface area contributed by atoms with Crippen molar-refractivity contribution < 1.29 is 18.6 Å². The van der Waals surface area contributed by atoms with Crippen LogP contribution in [0, 0.1) is 6.92 Å². The van der Waals surface area contributed by atoms with Crippen molar-refractivity contribution in [2.75, 3.05) is 0 Å². The van der Waals surface area contributed by atoms with Gasteiger partial charge >= 0.3 is 6.61 Å². The van der Waals surface area contributed by atoms with E-state index < -0.39 is 12.7 Å². The summed E-state index contributed by atoms with van der Waals surface area (Å²) in [6.07, 6.45) is -0.771. The minimum atomic E-state index is -2.86. The fourth-order valence-electron chi connectivity index (χ4n) is 2.58. The summed E-state index contributed by atoms with van der Waals surface area (Å²) in [4.78, 5) is 4.46. The molecule has 0 fully saturated rings. The van der Waals surface area contributed by atoms with Crippen molar-refractivity contribution in [3.63, 3.8) is 0 Å². The molecule has 120 valence electrons. The predicted octanol–water partition coefficient (Wildman–Crippen LogP) is 3.68. The van der Waals surface area contributed by atoms with Gasteiger partial charge in [0.15, 0.2) is 0 Å². The Balaban J connectivity index is 1.80. The van der Waals surface area contributed by atoms with Gasteiger partial charge in [-0.15, -0.1) is 0 Å². The van der Waals surface area contributed by atoms with E-state index in [1.54, 1.807) is 12.1 Å². The van der Waals surface area contributed by atoms with Gasteiger partial charge in [-0.1, -0.05) is 24.3 Å². The summed E-state index contributed by atoms with van der Waals surface area (Å²) in [5, 5.41) is 10.4. The van der Waals surface area contributed by atoms with Crippen LogP contribution in [0.3, 0.4) is 0 Å². The predicted molar refractivity (Wildman–Crippen MR) is 82.5 cm³/mol. The first-order chi connectivity index (χ1) is 11.0. The van der Waals surface area contributed by atoms with Crippen molar-refractivity contribution in [2.45, 2.75) is 26.2 Å². The Bertz CT molecular complexity index is 800. The van der Waals surface area contributed by atoms with E-state index in [0.717, 1.165) is 16.9 Å². The lowest BCUT2D eigenvalue weighted by Crippen LogP contribution is -2.10. The first-order valence-electron chi connectivity index (χ1n) is 7.19. The number of aromatic nitrogens is 2. The number of alkyl halides is 2. The molecule has 3 aromatic rings. The summed E-state index contributed by atoms with van der Waals surface area (Å²) in [7, 11) is 0. The molecule has 4 nitrogen and oxygen atoms in total. The second-order valence-corrected chi connectivity index (χ2v) is 5.22. The van der Waals surface area contributed by atoms with Gasteiger partial charge in [-0.05, 0) is 36.8 Å². The molecule has 0 radical (unpaired) electrons. The van der Waals surface area contributed by atoms with Gasteiger partial charge < -0.3 is 14.4 Å². The Morgan fingerprint density at radius 1 is 1.13 bits per heavy atom. The minimum Gasteiger partial charge on any atom is -0.435 e. The Morgan fingerprint density at radius 3 is 2.52 bits per heavy atom. The molecule has 1 N–H and O–H groups in total. The zero-order chi connectivity index (χ0) is 16.4. The number of halogens is 2. The molecule has 0 saturated carbocycles. The summed E-state index contributed by atoms with van der Waals surface area (Å²) < 4.78 is 30.5. The van der Waals surface area contributed by atoms with E-state index in [1.807, 2.05) is 35.8 Å². The standard InChI is InChI=1S/C17H16F2N2O2/c1-11-20-14-4-2-3-5-15(14)21(11)10-16(22)12-6-8-13(9-7-12)23-17(18)19/h2-9,16-17,22H,10H2,1H3/t16-/m1/s1. The molecule has 23 heavy (non-hydrogen) atoms. The summed E-state index contributed by atoms with van der Waals surface area (Å²) in [5.74, 6) is 0.878. The van der Waals surface area contributed by atoms with E-state index in [1.165, 1.54) is 12.1 Å². The quantitative estimate of drug-likeness (QED) is 0.780. The van der Waals surface area contributed by atoms with Gasteiger partial charge in [0.25, 0.3) is 0 Å². The van der Waals surface area contributed by atoms with Gasteiger partial charge in [-0.25, -0.2) is 4.98 Å². The van der Waals surface area contributed by atoms with Gasteiger partial charge in [0.2, 0.25) is 0 Å².